The average molecular weight is 391 g/mol. The monoisotopic (exact) mass is 391 g/mol. The van der Waals surface area contributed by atoms with Crippen molar-refractivity contribution in [1.82, 2.24) is 0 Å². The molecule has 0 spiro atoms. The number of alkyl halides is 3. The molecule has 0 radical (unpaired) electrons. The van der Waals surface area contributed by atoms with E-state index in [9.17, 15) is 35.6 Å². The van der Waals surface area contributed by atoms with Crippen molar-refractivity contribution in [2.45, 2.75) is 5.51 Å². The van der Waals surface area contributed by atoms with Crippen LogP contribution in [0, 0.1) is 5.82 Å². The summed E-state index contributed by atoms with van der Waals surface area (Å²) < 4.78 is 76.2. The number of anilines is 1. The Hall–Kier alpha value is -2.95. The standard InChI is InChI=1S/C15H9F4NO5S/c16-10-7-5-9(6-8-10)13(21)14(22)20-11-3-1-2-4-12(11)25-26(23,24)15(17,18)19/h1-8H,(H,20,22). The van der Waals surface area contributed by atoms with Gasteiger partial charge in [0.25, 0.3) is 11.7 Å². The number of halogens is 4. The minimum Gasteiger partial charge on any atom is -0.374 e. The number of Topliss-reactive ketones (excluding diaryl/α,β-unsaturated/α-hetero) is 1. The summed E-state index contributed by atoms with van der Waals surface area (Å²) >= 11 is 0. The summed E-state index contributed by atoms with van der Waals surface area (Å²) in [7, 11) is -5.96. The number of hydrogen-bond donors (Lipinski definition) is 1. The van der Waals surface area contributed by atoms with Gasteiger partial charge in [0.05, 0.1) is 5.69 Å². The molecule has 0 bridgehead atoms. The molecule has 0 aliphatic rings. The summed E-state index contributed by atoms with van der Waals surface area (Å²) in [6.07, 6.45) is 0. The second-order valence-electron chi connectivity index (χ2n) is 4.77. The highest BCUT2D eigenvalue weighted by Crippen LogP contribution is 2.31. The third-order valence-corrected chi connectivity index (χ3v) is 3.90. The SMILES string of the molecule is O=C(Nc1ccccc1OS(=O)(=O)C(F)(F)F)C(=O)c1ccc(F)cc1. The highest BCUT2D eigenvalue weighted by atomic mass is 32.2. The fourth-order valence-corrected chi connectivity index (χ4v) is 2.20. The van der Waals surface area contributed by atoms with Gasteiger partial charge in [0.1, 0.15) is 5.82 Å². The molecule has 1 N–H and O–H groups in total. The van der Waals surface area contributed by atoms with Crippen LogP contribution in [0.15, 0.2) is 48.5 Å². The summed E-state index contributed by atoms with van der Waals surface area (Å²) in [6.45, 7) is 0. The van der Waals surface area contributed by atoms with Gasteiger partial charge in [-0.3, -0.25) is 9.59 Å². The van der Waals surface area contributed by atoms with Crippen molar-refractivity contribution in [1.29, 1.82) is 0 Å². The maximum absolute atomic E-state index is 12.8. The molecule has 0 fully saturated rings. The van der Waals surface area contributed by atoms with Gasteiger partial charge in [-0.05, 0) is 36.4 Å². The second-order valence-corrected chi connectivity index (χ2v) is 6.31. The number of para-hydroxylation sites is 2. The molecule has 11 heteroatoms. The largest absolute Gasteiger partial charge is 0.534 e. The minimum absolute atomic E-state index is 0.176. The first kappa shape index (κ1) is 19.4. The van der Waals surface area contributed by atoms with Gasteiger partial charge in [-0.1, -0.05) is 12.1 Å². The first-order valence-corrected chi connectivity index (χ1v) is 8.13. The topological polar surface area (TPSA) is 89.5 Å². The number of amides is 1. The molecule has 0 aliphatic carbocycles. The highest BCUT2D eigenvalue weighted by Gasteiger charge is 2.48. The Labute approximate surface area is 144 Å². The maximum Gasteiger partial charge on any atom is 0.534 e. The van der Waals surface area contributed by atoms with Gasteiger partial charge in [-0.25, -0.2) is 4.39 Å². The lowest BCUT2D eigenvalue weighted by Gasteiger charge is -2.13. The number of ketones is 1. The Morgan fingerprint density at radius 2 is 1.54 bits per heavy atom. The van der Waals surface area contributed by atoms with Gasteiger partial charge < -0.3 is 9.50 Å². The molecule has 0 aromatic heterocycles. The molecule has 0 unspecified atom stereocenters. The van der Waals surface area contributed by atoms with Crippen LogP contribution < -0.4 is 9.50 Å². The molecule has 2 aromatic rings. The molecular weight excluding hydrogens is 382 g/mol. The first-order valence-electron chi connectivity index (χ1n) is 6.72. The third-order valence-electron chi connectivity index (χ3n) is 2.93. The number of hydrogen-bond acceptors (Lipinski definition) is 5. The minimum atomic E-state index is -5.96. The maximum atomic E-state index is 12.8. The molecule has 1 amide bonds. The van der Waals surface area contributed by atoms with Crippen LogP contribution in [0.1, 0.15) is 10.4 Å². The van der Waals surface area contributed by atoms with Crippen molar-refractivity contribution in [2.75, 3.05) is 5.32 Å². The van der Waals surface area contributed by atoms with Gasteiger partial charge in [-0.2, -0.15) is 21.6 Å². The van der Waals surface area contributed by atoms with Gasteiger partial charge in [-0.15, -0.1) is 0 Å². The van der Waals surface area contributed by atoms with Crippen molar-refractivity contribution >= 4 is 27.5 Å². The smallest absolute Gasteiger partial charge is 0.374 e. The van der Waals surface area contributed by atoms with E-state index < -0.39 is 44.6 Å². The van der Waals surface area contributed by atoms with Crippen LogP contribution in [0.2, 0.25) is 0 Å². The van der Waals surface area contributed by atoms with E-state index in [1.54, 1.807) is 0 Å². The van der Waals surface area contributed by atoms with Crippen LogP contribution in [-0.4, -0.2) is 25.6 Å². The van der Waals surface area contributed by atoms with E-state index in [0.29, 0.717) is 0 Å². The molecule has 6 nitrogen and oxygen atoms in total. The first-order chi connectivity index (χ1) is 12.0. The zero-order valence-corrected chi connectivity index (χ0v) is 13.4. The highest BCUT2D eigenvalue weighted by molar-refractivity contribution is 7.88. The van der Waals surface area contributed by atoms with Crippen LogP contribution in [0.5, 0.6) is 5.75 Å². The summed E-state index contributed by atoms with van der Waals surface area (Å²) in [4.78, 5) is 23.9. The molecule has 138 valence electrons. The Bertz CT molecular complexity index is 939. The molecule has 2 aromatic carbocycles. The summed E-state index contributed by atoms with van der Waals surface area (Å²) in [5.74, 6) is -3.86. The fraction of sp³-hybridized carbons (Fsp3) is 0.0667. The van der Waals surface area contributed by atoms with E-state index in [1.165, 1.54) is 12.1 Å². The summed E-state index contributed by atoms with van der Waals surface area (Å²) in [6, 6.07) is 8.28. The van der Waals surface area contributed by atoms with E-state index in [2.05, 4.69) is 4.18 Å². The number of carbonyl (C=O) groups excluding carboxylic acids is 2. The van der Waals surface area contributed by atoms with Crippen LogP contribution in [-0.2, 0) is 14.9 Å². The second kappa shape index (κ2) is 7.12. The van der Waals surface area contributed by atoms with Crippen LogP contribution in [0.3, 0.4) is 0 Å². The van der Waals surface area contributed by atoms with E-state index in [0.717, 1.165) is 36.4 Å². The van der Waals surface area contributed by atoms with Crippen LogP contribution >= 0.6 is 0 Å². The molecular formula is C15H9F4NO5S. The number of rotatable bonds is 5. The average Bonchev–Trinajstić information content (AvgIpc) is 2.55. The third kappa shape index (κ3) is 4.36. The number of carbonyl (C=O) groups is 2. The fourth-order valence-electron chi connectivity index (χ4n) is 1.72. The van der Waals surface area contributed by atoms with Crippen LogP contribution in [0.4, 0.5) is 23.2 Å². The lowest BCUT2D eigenvalue weighted by Crippen LogP contribution is -2.29. The zero-order chi connectivity index (χ0) is 19.5. The Morgan fingerprint density at radius 3 is 2.12 bits per heavy atom. The Kier molecular flexibility index (Phi) is 5.30. The molecule has 2 rings (SSSR count). The normalized spacial score (nSPS) is 11.7. The van der Waals surface area contributed by atoms with Crippen LogP contribution in [0.25, 0.3) is 0 Å². The Morgan fingerprint density at radius 1 is 0.962 bits per heavy atom. The molecule has 26 heavy (non-hydrogen) atoms. The van der Waals surface area contributed by atoms with Crippen molar-refractivity contribution in [3.8, 4) is 5.75 Å². The van der Waals surface area contributed by atoms with Gasteiger partial charge in [0.15, 0.2) is 5.75 Å². The van der Waals surface area contributed by atoms with E-state index in [-0.39, 0.29) is 5.56 Å². The lowest BCUT2D eigenvalue weighted by molar-refractivity contribution is -0.112. The number of nitrogens with one attached hydrogen (secondary N) is 1. The lowest BCUT2D eigenvalue weighted by atomic mass is 10.1. The quantitative estimate of drug-likeness (QED) is 0.278. The Balaban J connectivity index is 2.24. The molecule has 0 saturated heterocycles. The van der Waals surface area contributed by atoms with Crippen molar-refractivity contribution in [3.63, 3.8) is 0 Å². The number of benzene rings is 2. The van der Waals surface area contributed by atoms with Gasteiger partial charge in [0, 0.05) is 5.56 Å². The van der Waals surface area contributed by atoms with E-state index in [4.69, 9.17) is 0 Å². The van der Waals surface area contributed by atoms with Gasteiger partial charge in [0.2, 0.25) is 0 Å². The summed E-state index contributed by atoms with van der Waals surface area (Å²) in [5.41, 5.74) is -6.32. The predicted octanol–water partition coefficient (Wildman–Crippen LogP) is 2.88. The van der Waals surface area contributed by atoms with E-state index in [1.807, 2.05) is 5.32 Å². The molecule has 0 aliphatic heterocycles. The van der Waals surface area contributed by atoms with Crippen molar-refractivity contribution < 1.29 is 39.8 Å². The van der Waals surface area contributed by atoms with Crippen molar-refractivity contribution in [2.24, 2.45) is 0 Å². The van der Waals surface area contributed by atoms with E-state index >= 15 is 0 Å². The zero-order valence-electron chi connectivity index (χ0n) is 12.6. The van der Waals surface area contributed by atoms with Crippen molar-refractivity contribution in [3.05, 3.63) is 59.9 Å². The molecule has 0 saturated carbocycles. The predicted molar refractivity (Wildman–Crippen MR) is 81.4 cm³/mol. The molecule has 0 heterocycles. The summed E-state index contributed by atoms with van der Waals surface area (Å²) in [5, 5.41) is 1.96. The molecule has 0 atom stereocenters. The van der Waals surface area contributed by atoms with Gasteiger partial charge >= 0.3 is 15.6 Å².